The molecule has 1 aliphatic rings. The number of halogens is 1. The zero-order chi connectivity index (χ0) is 18.5. The third-order valence-corrected chi connectivity index (χ3v) is 5.76. The zero-order valence-electron chi connectivity index (χ0n) is 15.5. The summed E-state index contributed by atoms with van der Waals surface area (Å²) >= 11 is 11.7. The van der Waals surface area contributed by atoms with Crippen LogP contribution in [0, 0.1) is 6.92 Å². The summed E-state index contributed by atoms with van der Waals surface area (Å²) in [6.07, 6.45) is 3.95. The van der Waals surface area contributed by atoms with E-state index in [1.54, 1.807) is 0 Å². The van der Waals surface area contributed by atoms with Crippen LogP contribution in [0.15, 0.2) is 42.5 Å². The quantitative estimate of drug-likeness (QED) is 0.701. The van der Waals surface area contributed by atoms with Crippen molar-refractivity contribution < 1.29 is 0 Å². The SMILES string of the molecule is Cc1c(Cl)cccc1NC(=S)N(C)Cc1ccc(N2CCCCC2)cc1. The molecule has 0 radical (unpaired) electrons. The molecule has 0 aliphatic carbocycles. The Morgan fingerprint density at radius 3 is 2.50 bits per heavy atom. The van der Waals surface area contributed by atoms with Gasteiger partial charge in [-0.25, -0.2) is 0 Å². The molecule has 0 bridgehead atoms. The summed E-state index contributed by atoms with van der Waals surface area (Å²) in [5.74, 6) is 0. The Morgan fingerprint density at radius 1 is 1.12 bits per heavy atom. The van der Waals surface area contributed by atoms with Crippen LogP contribution in [0.5, 0.6) is 0 Å². The van der Waals surface area contributed by atoms with Gasteiger partial charge in [0.05, 0.1) is 0 Å². The lowest BCUT2D eigenvalue weighted by Gasteiger charge is -2.29. The first-order valence-corrected chi connectivity index (χ1v) is 9.94. The van der Waals surface area contributed by atoms with Crippen molar-refractivity contribution in [1.29, 1.82) is 0 Å². The second kappa shape index (κ2) is 8.74. The second-order valence-electron chi connectivity index (χ2n) is 6.91. The minimum absolute atomic E-state index is 0.690. The zero-order valence-corrected chi connectivity index (χ0v) is 17.0. The van der Waals surface area contributed by atoms with Crippen LogP contribution in [0.2, 0.25) is 5.02 Å². The molecule has 138 valence electrons. The van der Waals surface area contributed by atoms with Gasteiger partial charge >= 0.3 is 0 Å². The van der Waals surface area contributed by atoms with Gasteiger partial charge in [-0.1, -0.05) is 29.8 Å². The highest BCUT2D eigenvalue weighted by atomic mass is 35.5. The topological polar surface area (TPSA) is 18.5 Å². The van der Waals surface area contributed by atoms with E-state index in [4.69, 9.17) is 23.8 Å². The fourth-order valence-corrected chi connectivity index (χ4v) is 3.61. The number of hydrogen-bond acceptors (Lipinski definition) is 2. The monoisotopic (exact) mass is 387 g/mol. The predicted molar refractivity (Wildman–Crippen MR) is 116 cm³/mol. The van der Waals surface area contributed by atoms with E-state index in [9.17, 15) is 0 Å². The summed E-state index contributed by atoms with van der Waals surface area (Å²) in [5, 5.41) is 4.73. The third-order valence-electron chi connectivity index (χ3n) is 4.93. The Morgan fingerprint density at radius 2 is 1.81 bits per heavy atom. The number of rotatable bonds is 4. The number of thiocarbonyl (C=S) groups is 1. The van der Waals surface area contributed by atoms with Crippen LogP contribution in [0.3, 0.4) is 0 Å². The molecule has 1 N–H and O–H groups in total. The van der Waals surface area contributed by atoms with Gasteiger partial charge in [0, 0.05) is 43.1 Å². The smallest absolute Gasteiger partial charge is 0.173 e. The van der Waals surface area contributed by atoms with E-state index in [1.165, 1.54) is 43.6 Å². The molecule has 1 heterocycles. The number of hydrogen-bond donors (Lipinski definition) is 1. The first kappa shape index (κ1) is 19.0. The maximum atomic E-state index is 6.18. The maximum absolute atomic E-state index is 6.18. The number of nitrogens with one attached hydrogen (secondary N) is 1. The lowest BCUT2D eigenvalue weighted by atomic mass is 10.1. The molecule has 0 spiro atoms. The van der Waals surface area contributed by atoms with E-state index in [-0.39, 0.29) is 0 Å². The Kier molecular flexibility index (Phi) is 6.38. The lowest BCUT2D eigenvalue weighted by Crippen LogP contribution is -2.31. The Bertz CT molecular complexity index is 754. The van der Waals surface area contributed by atoms with Crippen LogP contribution >= 0.6 is 23.8 Å². The highest BCUT2D eigenvalue weighted by Gasteiger charge is 2.12. The van der Waals surface area contributed by atoms with E-state index in [0.29, 0.717) is 5.11 Å². The van der Waals surface area contributed by atoms with Crippen molar-refractivity contribution in [3.05, 3.63) is 58.6 Å². The van der Waals surface area contributed by atoms with Crippen molar-refractivity contribution in [2.24, 2.45) is 0 Å². The summed E-state index contributed by atoms with van der Waals surface area (Å²) in [6.45, 7) is 5.11. The van der Waals surface area contributed by atoms with Gasteiger partial charge in [-0.15, -0.1) is 0 Å². The van der Waals surface area contributed by atoms with Gasteiger partial charge in [-0.2, -0.15) is 0 Å². The second-order valence-corrected chi connectivity index (χ2v) is 7.71. The molecule has 3 nitrogen and oxygen atoms in total. The Balaban J connectivity index is 1.59. The molecular formula is C21H26ClN3S. The number of anilines is 2. The van der Waals surface area contributed by atoms with Crippen molar-refractivity contribution in [2.75, 3.05) is 30.4 Å². The number of piperidine rings is 1. The average molecular weight is 388 g/mol. The van der Waals surface area contributed by atoms with Crippen LogP contribution in [0.4, 0.5) is 11.4 Å². The average Bonchev–Trinajstić information content (AvgIpc) is 2.66. The van der Waals surface area contributed by atoms with Crippen molar-refractivity contribution in [1.82, 2.24) is 4.90 Å². The third kappa shape index (κ3) is 4.68. The molecule has 1 fully saturated rings. The fourth-order valence-electron chi connectivity index (χ4n) is 3.26. The summed E-state index contributed by atoms with van der Waals surface area (Å²) in [7, 11) is 2.01. The highest BCUT2D eigenvalue weighted by Crippen LogP contribution is 2.24. The molecule has 0 aromatic heterocycles. The first-order chi connectivity index (χ1) is 12.5. The van der Waals surface area contributed by atoms with Crippen LogP contribution in [0.25, 0.3) is 0 Å². The van der Waals surface area contributed by atoms with Gasteiger partial charge in [0.1, 0.15) is 0 Å². The van der Waals surface area contributed by atoms with E-state index < -0.39 is 0 Å². The van der Waals surface area contributed by atoms with Gasteiger partial charge in [0.15, 0.2) is 5.11 Å². The van der Waals surface area contributed by atoms with E-state index >= 15 is 0 Å². The minimum Gasteiger partial charge on any atom is -0.372 e. The molecule has 3 rings (SSSR count). The van der Waals surface area contributed by atoms with Crippen LogP contribution in [-0.2, 0) is 6.54 Å². The first-order valence-electron chi connectivity index (χ1n) is 9.16. The molecule has 1 aliphatic heterocycles. The maximum Gasteiger partial charge on any atom is 0.173 e. The van der Waals surface area contributed by atoms with Crippen molar-refractivity contribution in [3.63, 3.8) is 0 Å². The molecule has 0 atom stereocenters. The van der Waals surface area contributed by atoms with Crippen LogP contribution in [-0.4, -0.2) is 30.1 Å². The van der Waals surface area contributed by atoms with Crippen LogP contribution in [0.1, 0.15) is 30.4 Å². The van der Waals surface area contributed by atoms with Gasteiger partial charge in [0.2, 0.25) is 0 Å². The molecule has 0 unspecified atom stereocenters. The molecule has 1 saturated heterocycles. The molecule has 26 heavy (non-hydrogen) atoms. The molecule has 5 heteroatoms. The lowest BCUT2D eigenvalue weighted by molar-refractivity contribution is 0.508. The minimum atomic E-state index is 0.690. The summed E-state index contributed by atoms with van der Waals surface area (Å²) in [5.41, 5.74) is 4.54. The van der Waals surface area contributed by atoms with E-state index in [2.05, 4.69) is 34.5 Å². The molecular weight excluding hydrogens is 362 g/mol. The normalized spacial score (nSPS) is 14.2. The summed E-state index contributed by atoms with van der Waals surface area (Å²) in [4.78, 5) is 4.52. The van der Waals surface area contributed by atoms with Crippen molar-refractivity contribution in [2.45, 2.75) is 32.7 Å². The van der Waals surface area contributed by atoms with Crippen molar-refractivity contribution >= 4 is 40.3 Å². The van der Waals surface area contributed by atoms with Gasteiger partial charge in [-0.3, -0.25) is 0 Å². The van der Waals surface area contributed by atoms with Crippen LogP contribution < -0.4 is 10.2 Å². The summed E-state index contributed by atoms with van der Waals surface area (Å²) < 4.78 is 0. The molecule has 0 amide bonds. The molecule has 2 aromatic rings. The fraction of sp³-hybridized carbons (Fsp3) is 0.381. The largest absolute Gasteiger partial charge is 0.372 e. The van der Waals surface area contributed by atoms with Gasteiger partial charge in [0.25, 0.3) is 0 Å². The standard InChI is InChI=1S/C21H26ClN3S/c1-16-19(22)7-6-8-20(16)23-21(26)24(2)15-17-9-11-18(12-10-17)25-13-4-3-5-14-25/h6-12H,3-5,13-15H2,1-2H3,(H,23,26). The Hall–Kier alpha value is -1.78. The molecule has 0 saturated carbocycles. The summed E-state index contributed by atoms with van der Waals surface area (Å²) in [6, 6.07) is 14.7. The van der Waals surface area contributed by atoms with Gasteiger partial charge < -0.3 is 15.1 Å². The van der Waals surface area contributed by atoms with Gasteiger partial charge in [-0.05, 0) is 73.8 Å². The molecule has 2 aromatic carbocycles. The number of nitrogens with zero attached hydrogens (tertiary/aromatic N) is 2. The van der Waals surface area contributed by atoms with E-state index in [0.717, 1.165) is 22.8 Å². The highest BCUT2D eigenvalue weighted by molar-refractivity contribution is 7.80. The Labute approximate surface area is 166 Å². The predicted octanol–water partition coefficient (Wildman–Crippen LogP) is 5.47. The van der Waals surface area contributed by atoms with Crippen molar-refractivity contribution in [3.8, 4) is 0 Å². The number of benzene rings is 2. The van der Waals surface area contributed by atoms with E-state index in [1.807, 2.05) is 37.1 Å².